The molecule has 0 unspecified atom stereocenters. The summed E-state index contributed by atoms with van der Waals surface area (Å²) in [5, 5.41) is 9.05. The minimum atomic E-state index is -0.862. The molecule has 0 aliphatic heterocycles. The lowest BCUT2D eigenvalue weighted by Crippen LogP contribution is -2.32. The fourth-order valence-corrected chi connectivity index (χ4v) is 2.05. The first-order chi connectivity index (χ1) is 8.95. The number of nitrogens with zero attached hydrogens (tertiary/aromatic N) is 2. The van der Waals surface area contributed by atoms with Gasteiger partial charge in [-0.15, -0.1) is 0 Å². The molecule has 0 aromatic heterocycles. The van der Waals surface area contributed by atoms with Crippen molar-refractivity contribution in [1.82, 2.24) is 4.90 Å². The topological polar surface area (TPSA) is 43.8 Å². The minimum absolute atomic E-state index is 0.382. The normalized spacial score (nSPS) is 10.8. The lowest BCUT2D eigenvalue weighted by atomic mass is 10.1. The van der Waals surface area contributed by atoms with Crippen LogP contribution >= 0.6 is 0 Å². The molecule has 0 bridgehead atoms. The van der Waals surface area contributed by atoms with E-state index in [2.05, 4.69) is 30.8 Å². The van der Waals surface area contributed by atoms with E-state index in [4.69, 9.17) is 5.11 Å². The second kappa shape index (κ2) is 7.14. The fraction of sp³-hybridized carbons (Fsp3) is 0.533. The highest BCUT2D eigenvalue weighted by molar-refractivity contribution is 5.89. The Labute approximate surface area is 115 Å². The van der Waals surface area contributed by atoms with Crippen LogP contribution < -0.4 is 4.90 Å². The zero-order chi connectivity index (χ0) is 14.4. The smallest absolute Gasteiger partial charge is 0.335 e. The number of rotatable bonds is 7. The largest absolute Gasteiger partial charge is 0.478 e. The van der Waals surface area contributed by atoms with Crippen LogP contribution in [-0.4, -0.2) is 49.7 Å². The lowest BCUT2D eigenvalue weighted by molar-refractivity contribution is 0.0696. The molecule has 106 valence electrons. The van der Waals surface area contributed by atoms with Gasteiger partial charge in [0.25, 0.3) is 0 Å². The van der Waals surface area contributed by atoms with Crippen molar-refractivity contribution in [2.75, 3.05) is 38.6 Å². The fourth-order valence-electron chi connectivity index (χ4n) is 2.05. The molecule has 1 rings (SSSR count). The van der Waals surface area contributed by atoms with Crippen LogP contribution in [0, 0.1) is 6.92 Å². The van der Waals surface area contributed by atoms with Crippen LogP contribution in [0.15, 0.2) is 18.2 Å². The summed E-state index contributed by atoms with van der Waals surface area (Å²) in [5.74, 6) is -0.862. The molecular weight excluding hydrogens is 240 g/mol. The third-order valence-electron chi connectivity index (χ3n) is 3.12. The van der Waals surface area contributed by atoms with Gasteiger partial charge in [0.15, 0.2) is 0 Å². The van der Waals surface area contributed by atoms with E-state index < -0.39 is 5.97 Å². The van der Waals surface area contributed by atoms with Gasteiger partial charge in [-0.1, -0.05) is 6.92 Å². The molecule has 0 saturated carbocycles. The number of aromatic carboxylic acids is 1. The third kappa shape index (κ3) is 4.56. The summed E-state index contributed by atoms with van der Waals surface area (Å²) in [4.78, 5) is 15.5. The highest BCUT2D eigenvalue weighted by atomic mass is 16.4. The highest BCUT2D eigenvalue weighted by Gasteiger charge is 2.11. The molecule has 4 heteroatoms. The van der Waals surface area contributed by atoms with E-state index in [0.717, 1.165) is 37.3 Å². The summed E-state index contributed by atoms with van der Waals surface area (Å²) < 4.78 is 0. The summed E-state index contributed by atoms with van der Waals surface area (Å²) in [6.45, 7) is 6.93. The SMILES string of the molecule is CCCN(CCN(C)C)c1ccc(C(=O)O)c(C)c1. The van der Waals surface area contributed by atoms with Crippen molar-refractivity contribution in [3.63, 3.8) is 0 Å². The number of hydrogen-bond donors (Lipinski definition) is 1. The van der Waals surface area contributed by atoms with Gasteiger partial charge >= 0.3 is 5.97 Å². The first kappa shape index (κ1) is 15.5. The second-order valence-corrected chi connectivity index (χ2v) is 5.09. The van der Waals surface area contributed by atoms with Crippen LogP contribution in [0.4, 0.5) is 5.69 Å². The van der Waals surface area contributed by atoms with Gasteiger partial charge < -0.3 is 14.9 Å². The summed E-state index contributed by atoms with van der Waals surface area (Å²) in [6, 6.07) is 5.57. The second-order valence-electron chi connectivity index (χ2n) is 5.09. The van der Waals surface area contributed by atoms with Crippen LogP contribution in [0.2, 0.25) is 0 Å². The van der Waals surface area contributed by atoms with E-state index in [1.54, 1.807) is 6.07 Å². The first-order valence-corrected chi connectivity index (χ1v) is 6.69. The molecule has 1 aromatic carbocycles. The summed E-state index contributed by atoms with van der Waals surface area (Å²) in [6.07, 6.45) is 1.08. The van der Waals surface area contributed by atoms with E-state index in [-0.39, 0.29) is 0 Å². The lowest BCUT2D eigenvalue weighted by Gasteiger charge is -2.26. The molecule has 0 heterocycles. The number of benzene rings is 1. The predicted molar refractivity (Wildman–Crippen MR) is 79.2 cm³/mol. The maximum absolute atomic E-state index is 11.0. The Morgan fingerprint density at radius 3 is 2.37 bits per heavy atom. The molecule has 1 N–H and O–H groups in total. The third-order valence-corrected chi connectivity index (χ3v) is 3.12. The summed E-state index contributed by atoms with van der Waals surface area (Å²) in [5.41, 5.74) is 2.30. The average Bonchev–Trinajstić information content (AvgIpc) is 2.33. The van der Waals surface area contributed by atoms with Crippen molar-refractivity contribution in [3.05, 3.63) is 29.3 Å². The van der Waals surface area contributed by atoms with Gasteiger partial charge in [0.1, 0.15) is 0 Å². The molecule has 1 aromatic rings. The van der Waals surface area contributed by atoms with Gasteiger partial charge in [-0.3, -0.25) is 0 Å². The Kier molecular flexibility index (Phi) is 5.83. The summed E-state index contributed by atoms with van der Waals surface area (Å²) in [7, 11) is 4.12. The number of likely N-dealkylation sites (N-methyl/N-ethyl adjacent to an activating group) is 1. The molecule has 0 fully saturated rings. The van der Waals surface area contributed by atoms with Crippen LogP contribution in [0.25, 0.3) is 0 Å². The highest BCUT2D eigenvalue weighted by Crippen LogP contribution is 2.19. The van der Waals surface area contributed by atoms with Crippen molar-refractivity contribution in [2.45, 2.75) is 20.3 Å². The molecule has 0 amide bonds. The number of aryl methyl sites for hydroxylation is 1. The quantitative estimate of drug-likeness (QED) is 0.821. The Bertz CT molecular complexity index is 430. The average molecular weight is 264 g/mol. The van der Waals surface area contributed by atoms with E-state index in [1.807, 2.05) is 19.1 Å². The molecule has 0 atom stereocenters. The minimum Gasteiger partial charge on any atom is -0.478 e. The summed E-state index contributed by atoms with van der Waals surface area (Å²) >= 11 is 0. The van der Waals surface area contributed by atoms with Crippen molar-refractivity contribution < 1.29 is 9.90 Å². The van der Waals surface area contributed by atoms with E-state index in [9.17, 15) is 4.79 Å². The van der Waals surface area contributed by atoms with Crippen LogP contribution in [0.3, 0.4) is 0 Å². The molecule has 0 aliphatic rings. The van der Waals surface area contributed by atoms with Gasteiger partial charge in [0, 0.05) is 25.3 Å². The molecule has 19 heavy (non-hydrogen) atoms. The Morgan fingerprint density at radius 2 is 1.89 bits per heavy atom. The molecular formula is C15H24N2O2. The molecule has 0 spiro atoms. The van der Waals surface area contributed by atoms with Crippen LogP contribution in [0.1, 0.15) is 29.3 Å². The maximum atomic E-state index is 11.0. The Hall–Kier alpha value is -1.55. The van der Waals surface area contributed by atoms with Crippen LogP contribution in [0.5, 0.6) is 0 Å². The van der Waals surface area contributed by atoms with Crippen molar-refractivity contribution in [3.8, 4) is 0 Å². The van der Waals surface area contributed by atoms with Gasteiger partial charge in [0.2, 0.25) is 0 Å². The van der Waals surface area contributed by atoms with Gasteiger partial charge in [-0.2, -0.15) is 0 Å². The van der Waals surface area contributed by atoms with E-state index in [1.165, 1.54) is 0 Å². The number of carboxylic acids is 1. The number of carbonyl (C=O) groups is 1. The van der Waals surface area contributed by atoms with Crippen molar-refractivity contribution in [2.24, 2.45) is 0 Å². The molecule has 0 saturated heterocycles. The molecule has 0 aliphatic carbocycles. The Balaban J connectivity index is 2.90. The monoisotopic (exact) mass is 264 g/mol. The number of hydrogen-bond acceptors (Lipinski definition) is 3. The van der Waals surface area contributed by atoms with E-state index in [0.29, 0.717) is 5.56 Å². The maximum Gasteiger partial charge on any atom is 0.335 e. The molecule has 4 nitrogen and oxygen atoms in total. The first-order valence-electron chi connectivity index (χ1n) is 6.69. The van der Waals surface area contributed by atoms with Gasteiger partial charge in [-0.05, 0) is 51.2 Å². The van der Waals surface area contributed by atoms with Gasteiger partial charge in [-0.25, -0.2) is 4.79 Å². The predicted octanol–water partition coefficient (Wildman–Crippen LogP) is 2.47. The number of anilines is 1. The standard InChI is InChI=1S/C15H24N2O2/c1-5-8-17(10-9-16(3)4)13-6-7-14(15(18)19)12(2)11-13/h6-7,11H,5,8-10H2,1-4H3,(H,18,19). The van der Waals surface area contributed by atoms with E-state index >= 15 is 0 Å². The zero-order valence-electron chi connectivity index (χ0n) is 12.3. The van der Waals surface area contributed by atoms with Gasteiger partial charge in [0.05, 0.1) is 5.56 Å². The van der Waals surface area contributed by atoms with Crippen molar-refractivity contribution >= 4 is 11.7 Å². The zero-order valence-corrected chi connectivity index (χ0v) is 12.3. The Morgan fingerprint density at radius 1 is 1.21 bits per heavy atom. The number of carboxylic acid groups (broad SMARTS) is 1. The molecule has 0 radical (unpaired) electrons. The van der Waals surface area contributed by atoms with Crippen LogP contribution in [-0.2, 0) is 0 Å². The van der Waals surface area contributed by atoms with Crippen molar-refractivity contribution in [1.29, 1.82) is 0 Å².